The highest BCUT2D eigenvalue weighted by atomic mass is 16.5. The maximum Gasteiger partial charge on any atom is 0.221 e. The van der Waals surface area contributed by atoms with Gasteiger partial charge in [-0.15, -0.1) is 0 Å². The van der Waals surface area contributed by atoms with E-state index in [4.69, 9.17) is 14.9 Å². The number of anilines is 1. The maximum absolute atomic E-state index is 5.69. The van der Waals surface area contributed by atoms with Crippen molar-refractivity contribution in [1.82, 2.24) is 9.97 Å². The van der Waals surface area contributed by atoms with Crippen LogP contribution < -0.4 is 5.73 Å². The zero-order chi connectivity index (χ0) is 13.8. The monoisotopic (exact) mass is 269 g/mol. The van der Waals surface area contributed by atoms with E-state index in [0.717, 1.165) is 17.6 Å². The Bertz CT molecular complexity index is 695. The van der Waals surface area contributed by atoms with Crippen LogP contribution in [0.2, 0.25) is 0 Å². The third-order valence-electron chi connectivity index (χ3n) is 2.91. The number of hydrogen-bond acceptors (Lipinski definition) is 5. The fourth-order valence-corrected chi connectivity index (χ4v) is 1.93. The Morgan fingerprint density at radius 1 is 1.20 bits per heavy atom. The summed E-state index contributed by atoms with van der Waals surface area (Å²) in [5.41, 5.74) is 8.85. The van der Waals surface area contributed by atoms with Gasteiger partial charge in [0, 0.05) is 30.1 Å². The van der Waals surface area contributed by atoms with Crippen LogP contribution in [0.25, 0.3) is 11.1 Å². The summed E-state index contributed by atoms with van der Waals surface area (Å²) in [6, 6.07) is 11.2. The fourth-order valence-electron chi connectivity index (χ4n) is 1.93. The molecule has 1 aromatic carbocycles. The highest BCUT2D eigenvalue weighted by Crippen LogP contribution is 2.18. The van der Waals surface area contributed by atoms with Crippen LogP contribution in [-0.2, 0) is 17.8 Å². The molecule has 0 amide bonds. The number of oxazole rings is 1. The molecular weight excluding hydrogens is 254 g/mol. The number of nitrogen functional groups attached to an aromatic ring is 1. The molecule has 0 aliphatic rings. The van der Waals surface area contributed by atoms with Crippen molar-refractivity contribution in [1.29, 1.82) is 0 Å². The first-order chi connectivity index (χ1) is 9.81. The Labute approximate surface area is 116 Å². The summed E-state index contributed by atoms with van der Waals surface area (Å²) in [6.07, 6.45) is 2.55. The summed E-state index contributed by atoms with van der Waals surface area (Å²) < 4.78 is 11.1. The van der Waals surface area contributed by atoms with Crippen molar-refractivity contribution in [2.24, 2.45) is 0 Å². The summed E-state index contributed by atoms with van der Waals surface area (Å²) in [5.74, 6) is 0.562. The van der Waals surface area contributed by atoms with Gasteiger partial charge in [-0.25, -0.2) is 4.98 Å². The molecule has 2 N–H and O–H groups in total. The quantitative estimate of drug-likeness (QED) is 0.569. The summed E-state index contributed by atoms with van der Waals surface area (Å²) >= 11 is 0. The van der Waals surface area contributed by atoms with E-state index < -0.39 is 0 Å². The normalized spacial score (nSPS) is 11.0. The van der Waals surface area contributed by atoms with Crippen LogP contribution in [-0.4, -0.2) is 16.6 Å². The molecule has 0 fully saturated rings. The van der Waals surface area contributed by atoms with Crippen LogP contribution in [0.4, 0.5) is 5.69 Å². The van der Waals surface area contributed by atoms with Gasteiger partial charge in [0.2, 0.25) is 5.89 Å². The van der Waals surface area contributed by atoms with Crippen LogP contribution in [0.1, 0.15) is 11.6 Å². The minimum absolute atomic E-state index is 0.349. The van der Waals surface area contributed by atoms with E-state index in [0.29, 0.717) is 30.4 Å². The highest BCUT2D eigenvalue weighted by Gasteiger charge is 2.06. The highest BCUT2D eigenvalue weighted by molar-refractivity contribution is 5.76. The number of nitrogens with zero attached hydrogens (tertiary/aromatic N) is 2. The molecule has 102 valence electrons. The fraction of sp³-hybridized carbons (Fsp3) is 0.200. The van der Waals surface area contributed by atoms with E-state index in [1.165, 1.54) is 0 Å². The molecule has 0 aliphatic carbocycles. The molecule has 0 unspecified atom stereocenters. The molecule has 5 nitrogen and oxygen atoms in total. The Kier molecular flexibility index (Phi) is 3.60. The van der Waals surface area contributed by atoms with Crippen molar-refractivity contribution in [3.8, 4) is 0 Å². The third-order valence-corrected chi connectivity index (χ3v) is 2.91. The van der Waals surface area contributed by atoms with Gasteiger partial charge in [-0.1, -0.05) is 6.07 Å². The van der Waals surface area contributed by atoms with E-state index in [-0.39, 0.29) is 0 Å². The molecule has 0 aliphatic heterocycles. The van der Waals surface area contributed by atoms with Crippen molar-refractivity contribution >= 4 is 16.8 Å². The average molecular weight is 269 g/mol. The Morgan fingerprint density at radius 2 is 2.15 bits per heavy atom. The van der Waals surface area contributed by atoms with Crippen molar-refractivity contribution in [3.63, 3.8) is 0 Å². The van der Waals surface area contributed by atoms with Gasteiger partial charge in [-0.05, 0) is 24.3 Å². The number of ether oxygens (including phenoxy) is 1. The number of nitrogens with two attached hydrogens (primary N) is 1. The Balaban J connectivity index is 1.55. The summed E-state index contributed by atoms with van der Waals surface area (Å²) in [5, 5.41) is 0. The lowest BCUT2D eigenvalue weighted by Crippen LogP contribution is -2.00. The molecule has 0 radical (unpaired) electrons. The number of benzene rings is 1. The van der Waals surface area contributed by atoms with Gasteiger partial charge in [0.15, 0.2) is 5.58 Å². The maximum atomic E-state index is 5.69. The lowest BCUT2D eigenvalue weighted by molar-refractivity contribution is 0.106. The first kappa shape index (κ1) is 12.6. The summed E-state index contributed by atoms with van der Waals surface area (Å²) in [4.78, 5) is 8.57. The van der Waals surface area contributed by atoms with Crippen molar-refractivity contribution in [2.75, 3.05) is 12.3 Å². The van der Waals surface area contributed by atoms with Crippen LogP contribution in [0.5, 0.6) is 0 Å². The molecule has 2 heterocycles. The van der Waals surface area contributed by atoms with Crippen LogP contribution >= 0.6 is 0 Å². The van der Waals surface area contributed by atoms with E-state index in [2.05, 4.69) is 9.97 Å². The molecule has 0 saturated heterocycles. The second-order valence-corrected chi connectivity index (χ2v) is 4.46. The van der Waals surface area contributed by atoms with Crippen molar-refractivity contribution < 1.29 is 9.15 Å². The second kappa shape index (κ2) is 5.71. The Hall–Kier alpha value is -2.40. The molecule has 0 atom stereocenters. The predicted octanol–water partition coefficient (Wildman–Crippen LogP) is 2.56. The number of pyridine rings is 1. The molecule has 0 bridgehead atoms. The molecule has 2 aromatic heterocycles. The molecular formula is C15H15N3O2. The third kappa shape index (κ3) is 2.95. The Morgan fingerprint density at radius 3 is 3.00 bits per heavy atom. The molecule has 20 heavy (non-hydrogen) atoms. The zero-order valence-corrected chi connectivity index (χ0v) is 11.0. The van der Waals surface area contributed by atoms with Gasteiger partial charge in [-0.3, -0.25) is 4.98 Å². The summed E-state index contributed by atoms with van der Waals surface area (Å²) in [7, 11) is 0. The largest absolute Gasteiger partial charge is 0.438 e. The van der Waals surface area contributed by atoms with Gasteiger partial charge >= 0.3 is 0 Å². The summed E-state index contributed by atoms with van der Waals surface area (Å²) in [6.45, 7) is 0.930. The average Bonchev–Trinajstić information content (AvgIpc) is 2.86. The molecule has 3 rings (SSSR count). The minimum Gasteiger partial charge on any atom is -0.438 e. The van der Waals surface area contributed by atoms with Gasteiger partial charge < -0.3 is 14.9 Å². The number of aromatic nitrogens is 2. The minimum atomic E-state index is 0.349. The molecule has 5 heteroatoms. The first-order valence-corrected chi connectivity index (χ1v) is 6.44. The smallest absolute Gasteiger partial charge is 0.221 e. The second-order valence-electron chi connectivity index (χ2n) is 4.46. The number of fused-ring (bicyclic) bond motifs is 1. The molecule has 0 spiro atoms. The van der Waals surface area contributed by atoms with E-state index >= 15 is 0 Å². The zero-order valence-electron chi connectivity index (χ0n) is 11.0. The van der Waals surface area contributed by atoms with Crippen molar-refractivity contribution in [2.45, 2.75) is 13.0 Å². The van der Waals surface area contributed by atoms with E-state index in [1.807, 2.05) is 24.3 Å². The van der Waals surface area contributed by atoms with Crippen LogP contribution in [0.15, 0.2) is 47.0 Å². The van der Waals surface area contributed by atoms with E-state index in [1.54, 1.807) is 18.3 Å². The van der Waals surface area contributed by atoms with Gasteiger partial charge in [-0.2, -0.15) is 0 Å². The van der Waals surface area contributed by atoms with Gasteiger partial charge in [0.25, 0.3) is 0 Å². The SMILES string of the molecule is Nc1ccc2nc(COCCc3ccccn3)oc2c1. The van der Waals surface area contributed by atoms with Gasteiger partial charge in [0.05, 0.1) is 6.61 Å². The topological polar surface area (TPSA) is 74.2 Å². The number of rotatable bonds is 5. The lowest BCUT2D eigenvalue weighted by Gasteiger charge is -2.00. The van der Waals surface area contributed by atoms with Crippen LogP contribution in [0.3, 0.4) is 0 Å². The van der Waals surface area contributed by atoms with E-state index in [9.17, 15) is 0 Å². The standard InChI is InChI=1S/C15H15N3O2/c16-11-4-5-13-14(9-11)20-15(18-13)10-19-8-6-12-3-1-2-7-17-12/h1-5,7,9H,6,8,10,16H2. The number of hydrogen-bond donors (Lipinski definition) is 1. The van der Waals surface area contributed by atoms with Crippen LogP contribution in [0, 0.1) is 0 Å². The predicted molar refractivity (Wildman–Crippen MR) is 76.0 cm³/mol. The lowest BCUT2D eigenvalue weighted by atomic mass is 10.3. The first-order valence-electron chi connectivity index (χ1n) is 6.44. The van der Waals surface area contributed by atoms with Gasteiger partial charge in [0.1, 0.15) is 12.1 Å². The van der Waals surface area contributed by atoms with Crippen molar-refractivity contribution in [3.05, 3.63) is 54.2 Å². The molecule has 3 aromatic rings. The molecule has 0 saturated carbocycles.